The van der Waals surface area contributed by atoms with Gasteiger partial charge in [0.2, 0.25) is 11.8 Å². The van der Waals surface area contributed by atoms with Crippen molar-refractivity contribution in [2.75, 3.05) is 18.4 Å². The molecule has 0 saturated carbocycles. The summed E-state index contributed by atoms with van der Waals surface area (Å²) in [5.41, 5.74) is 0.923. The van der Waals surface area contributed by atoms with Crippen LogP contribution in [0, 0.1) is 0 Å². The van der Waals surface area contributed by atoms with E-state index in [0.717, 1.165) is 0 Å². The van der Waals surface area contributed by atoms with Gasteiger partial charge in [0.25, 0.3) is 0 Å². The fourth-order valence-corrected chi connectivity index (χ4v) is 3.78. The number of anilines is 1. The second kappa shape index (κ2) is 7.54. The molecule has 0 atom stereocenters. The Bertz CT molecular complexity index is 1270. The van der Waals surface area contributed by atoms with E-state index in [1.165, 1.54) is 10.8 Å². The number of urea groups is 1. The Kier molecular flexibility index (Phi) is 4.70. The van der Waals surface area contributed by atoms with E-state index in [2.05, 4.69) is 30.8 Å². The summed E-state index contributed by atoms with van der Waals surface area (Å²) in [7, 11) is 1.78. The van der Waals surface area contributed by atoms with Crippen molar-refractivity contribution < 1.29 is 14.0 Å². The van der Waals surface area contributed by atoms with Gasteiger partial charge in [0, 0.05) is 32.4 Å². The summed E-state index contributed by atoms with van der Waals surface area (Å²) in [6, 6.07) is 2.97. The number of amides is 3. The molecule has 1 aliphatic heterocycles. The molecule has 0 unspecified atom stereocenters. The van der Waals surface area contributed by atoms with Gasteiger partial charge in [-0.2, -0.15) is 14.6 Å². The molecule has 4 aromatic rings. The molecule has 3 amide bonds. The molecule has 0 aliphatic carbocycles. The topological polar surface area (TPSA) is 135 Å². The number of rotatable bonds is 3. The Morgan fingerprint density at radius 2 is 2.03 bits per heavy atom. The van der Waals surface area contributed by atoms with Crippen molar-refractivity contribution in [1.82, 2.24) is 39.6 Å². The highest BCUT2D eigenvalue weighted by molar-refractivity contribution is 6.62. The van der Waals surface area contributed by atoms with E-state index in [0.29, 0.717) is 54.2 Å². The zero-order valence-electron chi connectivity index (χ0n) is 16.4. The number of fused-ring (bicyclic) bond motifs is 3. The Balaban J connectivity index is 1.42. The Morgan fingerprint density at radius 3 is 2.74 bits per heavy atom. The van der Waals surface area contributed by atoms with E-state index in [1.807, 2.05) is 0 Å². The van der Waals surface area contributed by atoms with Crippen LogP contribution in [0.3, 0.4) is 0 Å². The third-order valence-electron chi connectivity index (χ3n) is 5.12. The summed E-state index contributed by atoms with van der Waals surface area (Å²) >= 11 is 5.51. The first-order valence-corrected chi connectivity index (χ1v) is 10.0. The van der Waals surface area contributed by atoms with E-state index in [1.54, 1.807) is 35.0 Å². The maximum atomic E-state index is 12.6. The van der Waals surface area contributed by atoms with Crippen LogP contribution in [0.4, 0.5) is 15.5 Å². The highest BCUT2D eigenvalue weighted by atomic mass is 35.5. The van der Waals surface area contributed by atoms with E-state index in [9.17, 15) is 9.59 Å². The molecule has 1 fully saturated rings. The highest BCUT2D eigenvalue weighted by Crippen LogP contribution is 2.24. The van der Waals surface area contributed by atoms with Crippen LogP contribution in [0.5, 0.6) is 0 Å². The molecule has 1 saturated heterocycles. The predicted octanol–water partition coefficient (Wildman–Crippen LogP) is 2.22. The number of carbonyl (C=O) groups excluding carboxylic acids is 2. The summed E-state index contributed by atoms with van der Waals surface area (Å²) in [4.78, 5) is 34.4. The van der Waals surface area contributed by atoms with E-state index < -0.39 is 11.4 Å². The van der Waals surface area contributed by atoms with Gasteiger partial charge in [-0.1, -0.05) is 0 Å². The van der Waals surface area contributed by atoms with Crippen LogP contribution >= 0.6 is 11.6 Å². The summed E-state index contributed by atoms with van der Waals surface area (Å²) in [6.07, 6.45) is 4.54. The van der Waals surface area contributed by atoms with Crippen molar-refractivity contribution in [1.29, 1.82) is 0 Å². The van der Waals surface area contributed by atoms with Crippen molar-refractivity contribution in [3.63, 3.8) is 0 Å². The van der Waals surface area contributed by atoms with Gasteiger partial charge in [-0.05, 0) is 36.6 Å². The molecule has 160 valence electrons. The number of nitrogens with one attached hydrogen (secondary N) is 2. The van der Waals surface area contributed by atoms with Gasteiger partial charge in [-0.15, -0.1) is 5.10 Å². The lowest BCUT2D eigenvalue weighted by molar-refractivity contribution is 0.197. The number of hydrogen-bond acceptors (Lipinski definition) is 7. The summed E-state index contributed by atoms with van der Waals surface area (Å²) in [5.74, 6) is 1.04. The molecular formula is C18H18ClN9O3. The summed E-state index contributed by atoms with van der Waals surface area (Å²) in [5, 5.41) is 14.6. The number of nitrogens with zero attached hydrogens (tertiary/aromatic N) is 7. The predicted molar refractivity (Wildman–Crippen MR) is 111 cm³/mol. The van der Waals surface area contributed by atoms with Crippen molar-refractivity contribution in [2.24, 2.45) is 7.05 Å². The van der Waals surface area contributed by atoms with Gasteiger partial charge in [0.1, 0.15) is 0 Å². The minimum absolute atomic E-state index is 0.0873. The van der Waals surface area contributed by atoms with E-state index in [-0.39, 0.29) is 12.0 Å². The van der Waals surface area contributed by atoms with Gasteiger partial charge in [0.05, 0.1) is 11.6 Å². The van der Waals surface area contributed by atoms with Gasteiger partial charge in [0.15, 0.2) is 17.1 Å². The number of furan rings is 1. The fraction of sp³-hybridized carbons (Fsp3) is 0.333. The van der Waals surface area contributed by atoms with Crippen molar-refractivity contribution in [3.05, 3.63) is 24.6 Å². The lowest BCUT2D eigenvalue weighted by atomic mass is 10.1. The Labute approximate surface area is 180 Å². The van der Waals surface area contributed by atoms with Gasteiger partial charge >= 0.3 is 11.4 Å². The molecule has 0 radical (unpaired) electrons. The van der Waals surface area contributed by atoms with Crippen molar-refractivity contribution in [2.45, 2.75) is 18.9 Å². The molecule has 13 heteroatoms. The molecule has 5 rings (SSSR count). The largest absolute Gasteiger partial charge is 0.461 e. The average Bonchev–Trinajstić information content (AvgIpc) is 3.47. The van der Waals surface area contributed by atoms with Crippen LogP contribution in [0.25, 0.3) is 28.3 Å². The number of aryl methyl sites for hydroxylation is 1. The minimum atomic E-state index is -0.475. The molecule has 0 bridgehead atoms. The van der Waals surface area contributed by atoms with Crippen LogP contribution < -0.4 is 10.6 Å². The normalized spacial score (nSPS) is 15.0. The number of carbonyl (C=O) groups is 2. The quantitative estimate of drug-likeness (QED) is 0.366. The maximum Gasteiger partial charge on any atom is 0.321 e. The zero-order chi connectivity index (χ0) is 21.5. The Morgan fingerprint density at radius 1 is 1.23 bits per heavy atom. The monoisotopic (exact) mass is 443 g/mol. The molecule has 5 heterocycles. The smallest absolute Gasteiger partial charge is 0.321 e. The molecule has 0 aromatic carbocycles. The zero-order valence-corrected chi connectivity index (χ0v) is 17.2. The van der Waals surface area contributed by atoms with Crippen LogP contribution in [0.15, 0.2) is 29.0 Å². The van der Waals surface area contributed by atoms with Crippen LogP contribution in [0.2, 0.25) is 0 Å². The van der Waals surface area contributed by atoms with Gasteiger partial charge < -0.3 is 14.6 Å². The number of hydrogen-bond donors (Lipinski definition) is 2. The first kappa shape index (κ1) is 19.3. The Hall–Kier alpha value is -3.67. The van der Waals surface area contributed by atoms with Crippen molar-refractivity contribution in [3.8, 4) is 11.6 Å². The first-order valence-electron chi connectivity index (χ1n) is 9.64. The fourth-order valence-electron chi connectivity index (χ4n) is 3.61. The molecule has 12 nitrogen and oxygen atoms in total. The molecular weight excluding hydrogens is 426 g/mol. The lowest BCUT2D eigenvalue weighted by Crippen LogP contribution is -2.46. The molecule has 4 aromatic heterocycles. The third-order valence-corrected chi connectivity index (χ3v) is 5.35. The number of halogens is 1. The lowest BCUT2D eigenvalue weighted by Gasteiger charge is -2.30. The standard InChI is InChI=1S/C18H18ClN9O3/c1-26-9-11-13(24-26)22-17(28-15(11)21-14(25-28)12-3-2-8-31-12)23-18(30)20-10-4-6-27(7-5-10)16(19)29/h2-3,8-10H,4-7H2,1H3,(H2,20,22,23,24,30). The SMILES string of the molecule is Cn1cc2c(nc(NC(=O)NC3CCN(C(=O)Cl)CC3)n3nc(-c4ccco4)nc23)n1. The third kappa shape index (κ3) is 3.65. The van der Waals surface area contributed by atoms with Gasteiger partial charge in [-0.25, -0.2) is 9.78 Å². The van der Waals surface area contributed by atoms with Crippen molar-refractivity contribution >= 4 is 45.6 Å². The van der Waals surface area contributed by atoms with Crippen LogP contribution in [-0.2, 0) is 7.05 Å². The summed E-state index contributed by atoms with van der Waals surface area (Å²) < 4.78 is 8.47. The second-order valence-electron chi connectivity index (χ2n) is 7.24. The van der Waals surface area contributed by atoms with Crippen LogP contribution in [-0.4, -0.2) is 64.8 Å². The second-order valence-corrected chi connectivity index (χ2v) is 7.56. The van der Waals surface area contributed by atoms with Gasteiger partial charge in [-0.3, -0.25) is 14.8 Å². The average molecular weight is 444 g/mol. The molecule has 0 spiro atoms. The molecule has 2 N–H and O–H groups in total. The molecule has 1 aliphatic rings. The number of likely N-dealkylation sites (tertiary alicyclic amines) is 1. The summed E-state index contributed by atoms with van der Waals surface area (Å²) in [6.45, 7) is 0.983. The number of piperidine rings is 1. The highest BCUT2D eigenvalue weighted by Gasteiger charge is 2.24. The van der Waals surface area contributed by atoms with E-state index in [4.69, 9.17) is 16.0 Å². The molecule has 31 heavy (non-hydrogen) atoms. The number of aromatic nitrogens is 6. The first-order chi connectivity index (χ1) is 15.0. The minimum Gasteiger partial charge on any atom is -0.461 e. The van der Waals surface area contributed by atoms with E-state index >= 15 is 0 Å². The van der Waals surface area contributed by atoms with Crippen LogP contribution in [0.1, 0.15) is 12.8 Å². The maximum absolute atomic E-state index is 12.6.